The maximum atomic E-state index is 13.6. The quantitative estimate of drug-likeness (QED) is 0.386. The van der Waals surface area contributed by atoms with Gasteiger partial charge in [0, 0.05) is 34.8 Å². The van der Waals surface area contributed by atoms with Gasteiger partial charge in [-0.15, -0.1) is 10.2 Å². The van der Waals surface area contributed by atoms with Crippen molar-refractivity contribution in [1.29, 1.82) is 0 Å². The summed E-state index contributed by atoms with van der Waals surface area (Å²) in [5, 5.41) is 14.4. The number of tetrazole rings is 1. The van der Waals surface area contributed by atoms with Gasteiger partial charge < -0.3 is 0 Å². The molecule has 0 radical (unpaired) electrons. The minimum Gasteiger partial charge on any atom is -0.293 e. The van der Waals surface area contributed by atoms with E-state index >= 15 is 0 Å². The molecule has 1 N–H and O–H groups in total. The van der Waals surface area contributed by atoms with Crippen LogP contribution in [0.2, 0.25) is 0 Å². The summed E-state index contributed by atoms with van der Waals surface area (Å²) >= 11 is 0. The Morgan fingerprint density at radius 1 is 1.06 bits per heavy atom. The minimum absolute atomic E-state index is 0.132. The van der Waals surface area contributed by atoms with Crippen LogP contribution in [0.1, 0.15) is 74.9 Å². The second-order valence-corrected chi connectivity index (χ2v) is 9.50. The Bertz CT molecular complexity index is 1310. The molecule has 0 spiro atoms. The molecule has 0 amide bonds. The van der Waals surface area contributed by atoms with Crippen molar-refractivity contribution in [2.24, 2.45) is 0 Å². The van der Waals surface area contributed by atoms with Gasteiger partial charge >= 0.3 is 5.69 Å². The second kappa shape index (κ2) is 10.4. The summed E-state index contributed by atoms with van der Waals surface area (Å²) < 4.78 is 4.08. The number of benzene rings is 1. The number of aromatic amines is 1. The summed E-state index contributed by atoms with van der Waals surface area (Å²) in [5.74, 6) is 0.540. The lowest BCUT2D eigenvalue weighted by Crippen LogP contribution is -2.29. The zero-order valence-corrected chi connectivity index (χ0v) is 20.6. The number of pyridine rings is 1. The molecule has 182 valence electrons. The molecule has 0 aliphatic heterocycles. The highest BCUT2D eigenvalue weighted by atomic mass is 16.1. The zero-order valence-electron chi connectivity index (χ0n) is 20.6. The van der Waals surface area contributed by atoms with E-state index in [4.69, 9.17) is 4.98 Å². The van der Waals surface area contributed by atoms with Crippen molar-refractivity contribution < 1.29 is 0 Å². The van der Waals surface area contributed by atoms with Crippen molar-refractivity contribution in [2.45, 2.75) is 77.8 Å². The van der Waals surface area contributed by atoms with Gasteiger partial charge in [0.1, 0.15) is 0 Å². The van der Waals surface area contributed by atoms with Gasteiger partial charge in [0.2, 0.25) is 5.82 Å². The molecule has 0 saturated heterocycles. The van der Waals surface area contributed by atoms with Gasteiger partial charge in [-0.05, 0) is 49.5 Å². The van der Waals surface area contributed by atoms with Crippen molar-refractivity contribution in [3.05, 3.63) is 70.0 Å². The molecule has 3 aromatic heterocycles. The third-order valence-electron chi connectivity index (χ3n) is 7.20. The van der Waals surface area contributed by atoms with Crippen LogP contribution in [-0.2, 0) is 13.0 Å². The first-order chi connectivity index (χ1) is 17.2. The molecular weight excluding hydrogens is 438 g/mol. The van der Waals surface area contributed by atoms with Crippen LogP contribution in [-0.4, -0.2) is 34.7 Å². The lowest BCUT2D eigenvalue weighted by molar-refractivity contribution is 0.340. The van der Waals surface area contributed by atoms with Gasteiger partial charge in [-0.1, -0.05) is 62.9 Å². The third-order valence-corrected chi connectivity index (χ3v) is 7.20. The van der Waals surface area contributed by atoms with E-state index in [1.807, 2.05) is 41.1 Å². The molecule has 0 unspecified atom stereocenters. The predicted molar refractivity (Wildman–Crippen MR) is 136 cm³/mol. The molecule has 4 aromatic rings. The normalized spacial score (nSPS) is 14.5. The molecule has 1 aliphatic rings. The number of hydrogen-bond acceptors (Lipinski definition) is 5. The summed E-state index contributed by atoms with van der Waals surface area (Å²) in [6.45, 7) is 4.87. The van der Waals surface area contributed by atoms with Gasteiger partial charge in [0.25, 0.3) is 0 Å². The highest BCUT2D eigenvalue weighted by Crippen LogP contribution is 2.30. The standard InChI is InChI=1S/C27H33N7O/c1-3-4-14-25-19(2)34(21-10-6-5-7-11-21)27(35)33(25)18-20-15-16-24(28-17-20)22-12-8-9-13-23(22)26-29-31-32-30-26/h8-9,12-13,15-17,21H,3-7,10-11,14,18H2,1-2H3,(H,29,30,31,32). The fourth-order valence-electron chi connectivity index (χ4n) is 5.35. The Hall–Kier alpha value is -3.55. The first-order valence-electron chi connectivity index (χ1n) is 12.8. The predicted octanol–water partition coefficient (Wildman–Crippen LogP) is 5.10. The largest absolute Gasteiger partial charge is 0.329 e. The van der Waals surface area contributed by atoms with E-state index in [1.165, 1.54) is 25.0 Å². The van der Waals surface area contributed by atoms with Crippen LogP contribution in [0.25, 0.3) is 22.6 Å². The van der Waals surface area contributed by atoms with E-state index in [0.29, 0.717) is 18.4 Å². The summed E-state index contributed by atoms with van der Waals surface area (Å²) in [5.41, 5.74) is 6.13. The minimum atomic E-state index is 0.132. The third kappa shape index (κ3) is 4.70. The lowest BCUT2D eigenvalue weighted by atomic mass is 9.95. The van der Waals surface area contributed by atoms with Crippen molar-refractivity contribution in [3.63, 3.8) is 0 Å². The molecule has 1 fully saturated rings. The molecule has 1 saturated carbocycles. The fraction of sp³-hybridized carbons (Fsp3) is 0.444. The molecule has 5 rings (SSSR count). The molecule has 8 heteroatoms. The van der Waals surface area contributed by atoms with E-state index in [0.717, 1.165) is 60.2 Å². The highest BCUT2D eigenvalue weighted by molar-refractivity contribution is 5.78. The SMILES string of the molecule is CCCCc1c(C)n(C2CCCCC2)c(=O)n1Cc1ccc(-c2ccccc2-c2nn[nH]n2)nc1. The molecule has 3 heterocycles. The van der Waals surface area contributed by atoms with Gasteiger partial charge in [-0.3, -0.25) is 14.1 Å². The number of unbranched alkanes of at least 4 members (excludes halogenated alkanes) is 1. The Morgan fingerprint density at radius 3 is 2.54 bits per heavy atom. The Kier molecular flexibility index (Phi) is 6.88. The van der Waals surface area contributed by atoms with Gasteiger partial charge in [0.05, 0.1) is 12.2 Å². The molecule has 1 aliphatic carbocycles. The van der Waals surface area contributed by atoms with Crippen LogP contribution in [0.5, 0.6) is 0 Å². The van der Waals surface area contributed by atoms with Crippen LogP contribution >= 0.6 is 0 Å². The van der Waals surface area contributed by atoms with Crippen LogP contribution in [0.3, 0.4) is 0 Å². The molecule has 8 nitrogen and oxygen atoms in total. The van der Waals surface area contributed by atoms with E-state index in [2.05, 4.69) is 45.1 Å². The van der Waals surface area contributed by atoms with E-state index in [-0.39, 0.29) is 5.69 Å². The van der Waals surface area contributed by atoms with Crippen molar-refractivity contribution >= 4 is 0 Å². The average molecular weight is 472 g/mol. The number of H-pyrrole nitrogens is 1. The van der Waals surface area contributed by atoms with Crippen molar-refractivity contribution in [1.82, 2.24) is 34.7 Å². The number of aromatic nitrogens is 7. The first-order valence-corrected chi connectivity index (χ1v) is 12.8. The van der Waals surface area contributed by atoms with Crippen LogP contribution in [0.4, 0.5) is 0 Å². The molecule has 0 atom stereocenters. The first kappa shape index (κ1) is 23.2. The number of nitrogens with zero attached hydrogens (tertiary/aromatic N) is 6. The Morgan fingerprint density at radius 2 is 1.86 bits per heavy atom. The average Bonchev–Trinajstić information content (AvgIpc) is 3.51. The second-order valence-electron chi connectivity index (χ2n) is 9.50. The number of nitrogens with one attached hydrogen (secondary N) is 1. The molecular formula is C27H33N7O. The van der Waals surface area contributed by atoms with Crippen molar-refractivity contribution in [2.75, 3.05) is 0 Å². The van der Waals surface area contributed by atoms with Crippen molar-refractivity contribution in [3.8, 4) is 22.6 Å². The molecule has 1 aromatic carbocycles. The van der Waals surface area contributed by atoms with Crippen LogP contribution in [0.15, 0.2) is 47.4 Å². The fourth-order valence-corrected chi connectivity index (χ4v) is 5.35. The zero-order chi connectivity index (χ0) is 24.2. The summed E-state index contributed by atoms with van der Waals surface area (Å²) in [6, 6.07) is 12.3. The topological polar surface area (TPSA) is 94.3 Å². The summed E-state index contributed by atoms with van der Waals surface area (Å²) in [7, 11) is 0. The van der Waals surface area contributed by atoms with Crippen LogP contribution in [0, 0.1) is 6.92 Å². The Labute approximate surface area is 205 Å². The maximum absolute atomic E-state index is 13.6. The molecule has 0 bridgehead atoms. The highest BCUT2D eigenvalue weighted by Gasteiger charge is 2.24. The Balaban J connectivity index is 1.45. The van der Waals surface area contributed by atoms with Gasteiger partial charge in [0.15, 0.2) is 0 Å². The number of rotatable bonds is 8. The van der Waals surface area contributed by atoms with E-state index in [9.17, 15) is 4.79 Å². The lowest BCUT2D eigenvalue weighted by Gasteiger charge is -2.23. The molecule has 35 heavy (non-hydrogen) atoms. The maximum Gasteiger partial charge on any atom is 0.329 e. The van der Waals surface area contributed by atoms with E-state index < -0.39 is 0 Å². The summed E-state index contributed by atoms with van der Waals surface area (Å²) in [4.78, 5) is 18.4. The number of hydrogen-bond donors (Lipinski definition) is 1. The number of imidazole rings is 1. The van der Waals surface area contributed by atoms with Gasteiger partial charge in [-0.2, -0.15) is 5.21 Å². The van der Waals surface area contributed by atoms with Crippen LogP contribution < -0.4 is 5.69 Å². The monoisotopic (exact) mass is 471 g/mol. The smallest absolute Gasteiger partial charge is 0.293 e. The van der Waals surface area contributed by atoms with Gasteiger partial charge in [-0.25, -0.2) is 4.79 Å². The van der Waals surface area contributed by atoms with E-state index in [1.54, 1.807) is 0 Å². The summed E-state index contributed by atoms with van der Waals surface area (Å²) in [6.07, 6.45) is 10.9.